The number of rotatable bonds is 4. The molecule has 1 fully saturated rings. The molecule has 2 N–H and O–H groups in total. The molecule has 2 rings (SSSR count). The van der Waals surface area contributed by atoms with Gasteiger partial charge < -0.3 is 10.4 Å². The predicted octanol–water partition coefficient (Wildman–Crippen LogP) is 3.05. The van der Waals surface area contributed by atoms with E-state index in [0.717, 1.165) is 49.4 Å². The van der Waals surface area contributed by atoms with Gasteiger partial charge in [0.25, 0.3) is 0 Å². The van der Waals surface area contributed by atoms with E-state index in [1.165, 1.54) is 6.33 Å². The Labute approximate surface area is 119 Å². The number of nitrogens with zero attached hydrogens (tertiary/aromatic N) is 2. The van der Waals surface area contributed by atoms with Crippen LogP contribution in [0.4, 0.5) is 5.82 Å². The van der Waals surface area contributed by atoms with Crippen molar-refractivity contribution >= 4 is 17.4 Å². The van der Waals surface area contributed by atoms with Crippen LogP contribution < -0.4 is 5.32 Å². The lowest BCUT2D eigenvalue weighted by Gasteiger charge is -2.35. The molecule has 1 aliphatic rings. The second-order valence-electron chi connectivity index (χ2n) is 5.61. The number of halogens is 1. The van der Waals surface area contributed by atoms with Crippen LogP contribution in [0.25, 0.3) is 0 Å². The van der Waals surface area contributed by atoms with E-state index in [4.69, 9.17) is 11.6 Å². The summed E-state index contributed by atoms with van der Waals surface area (Å²) in [5, 5.41) is 14.3. The highest BCUT2D eigenvalue weighted by Crippen LogP contribution is 2.32. The Morgan fingerprint density at radius 1 is 1.42 bits per heavy atom. The zero-order valence-electron chi connectivity index (χ0n) is 11.6. The fourth-order valence-corrected chi connectivity index (χ4v) is 2.85. The zero-order chi connectivity index (χ0) is 13.9. The molecule has 0 bridgehead atoms. The summed E-state index contributed by atoms with van der Waals surface area (Å²) in [6, 6.07) is 0. The summed E-state index contributed by atoms with van der Waals surface area (Å²) in [6.07, 6.45) is 6.10. The van der Waals surface area contributed by atoms with E-state index in [2.05, 4.69) is 22.2 Å². The minimum Gasteiger partial charge on any atom is -0.388 e. The van der Waals surface area contributed by atoms with Crippen LogP contribution in [0.15, 0.2) is 6.33 Å². The Kier molecular flexibility index (Phi) is 4.63. The van der Waals surface area contributed by atoms with Crippen molar-refractivity contribution in [2.24, 2.45) is 5.92 Å². The van der Waals surface area contributed by atoms with E-state index in [9.17, 15) is 5.11 Å². The zero-order valence-corrected chi connectivity index (χ0v) is 12.4. The molecule has 19 heavy (non-hydrogen) atoms. The first-order chi connectivity index (χ1) is 9.04. The average molecular weight is 284 g/mol. The van der Waals surface area contributed by atoms with Crippen LogP contribution in [0.5, 0.6) is 0 Å². The molecule has 0 saturated heterocycles. The molecule has 106 valence electrons. The molecule has 1 aromatic rings. The highest BCUT2D eigenvalue weighted by Gasteiger charge is 2.31. The van der Waals surface area contributed by atoms with Crippen molar-refractivity contribution in [3.63, 3.8) is 0 Å². The molecular weight excluding hydrogens is 262 g/mol. The minimum atomic E-state index is -0.616. The van der Waals surface area contributed by atoms with Gasteiger partial charge in [-0.1, -0.05) is 25.4 Å². The lowest BCUT2D eigenvalue weighted by molar-refractivity contribution is 0.00493. The number of hydrogen-bond donors (Lipinski definition) is 2. The average Bonchev–Trinajstić information content (AvgIpc) is 2.40. The third kappa shape index (κ3) is 3.57. The van der Waals surface area contributed by atoms with Crippen LogP contribution in [0.2, 0.25) is 5.15 Å². The number of hydrogen-bond acceptors (Lipinski definition) is 4. The summed E-state index contributed by atoms with van der Waals surface area (Å²) in [5.74, 6) is 1.47. The van der Waals surface area contributed by atoms with Crippen LogP contribution in [0.3, 0.4) is 0 Å². The van der Waals surface area contributed by atoms with Gasteiger partial charge in [0.05, 0.1) is 5.60 Å². The Morgan fingerprint density at radius 3 is 2.74 bits per heavy atom. The SMILES string of the molecule is CCc1c(Cl)ncnc1NCC1(O)CCC(C)CC1. The van der Waals surface area contributed by atoms with E-state index in [-0.39, 0.29) is 0 Å². The molecule has 1 aromatic heterocycles. The standard InChI is InChI=1S/C14H22ClN3O/c1-3-11-12(15)17-9-18-13(11)16-8-14(19)6-4-10(2)5-7-14/h9-10,19H,3-8H2,1-2H3,(H,16,17,18). The number of aliphatic hydroxyl groups is 1. The number of anilines is 1. The van der Waals surface area contributed by atoms with Gasteiger partial charge >= 0.3 is 0 Å². The highest BCUT2D eigenvalue weighted by molar-refractivity contribution is 6.30. The first-order valence-corrected chi connectivity index (χ1v) is 7.37. The molecule has 0 spiro atoms. The Bertz CT molecular complexity index is 431. The van der Waals surface area contributed by atoms with E-state index >= 15 is 0 Å². The van der Waals surface area contributed by atoms with Crippen molar-refractivity contribution in [1.82, 2.24) is 9.97 Å². The van der Waals surface area contributed by atoms with Crippen LogP contribution >= 0.6 is 11.6 Å². The van der Waals surface area contributed by atoms with Crippen LogP contribution in [-0.2, 0) is 6.42 Å². The van der Waals surface area contributed by atoms with Crippen LogP contribution in [0.1, 0.15) is 45.1 Å². The normalized spacial score (nSPS) is 27.3. The van der Waals surface area contributed by atoms with Crippen molar-refractivity contribution in [2.75, 3.05) is 11.9 Å². The molecule has 0 aromatic carbocycles. The fraction of sp³-hybridized carbons (Fsp3) is 0.714. The van der Waals surface area contributed by atoms with E-state index in [0.29, 0.717) is 11.7 Å². The lowest BCUT2D eigenvalue weighted by Crippen LogP contribution is -2.40. The topological polar surface area (TPSA) is 58.0 Å². The van der Waals surface area contributed by atoms with Crippen molar-refractivity contribution < 1.29 is 5.11 Å². The molecule has 1 saturated carbocycles. The van der Waals surface area contributed by atoms with Crippen LogP contribution in [-0.4, -0.2) is 27.2 Å². The number of nitrogens with one attached hydrogen (secondary N) is 1. The fourth-order valence-electron chi connectivity index (χ4n) is 2.58. The number of aromatic nitrogens is 2. The maximum Gasteiger partial charge on any atom is 0.137 e. The second-order valence-corrected chi connectivity index (χ2v) is 5.96. The summed E-state index contributed by atoms with van der Waals surface area (Å²) >= 11 is 6.05. The molecule has 0 unspecified atom stereocenters. The molecule has 1 aliphatic carbocycles. The predicted molar refractivity (Wildman–Crippen MR) is 77.5 cm³/mol. The van der Waals surface area contributed by atoms with Gasteiger partial charge in [0, 0.05) is 12.1 Å². The smallest absolute Gasteiger partial charge is 0.137 e. The maximum atomic E-state index is 10.5. The summed E-state index contributed by atoms with van der Waals surface area (Å²) in [7, 11) is 0. The van der Waals surface area contributed by atoms with Gasteiger partial charge in [-0.25, -0.2) is 9.97 Å². The van der Waals surface area contributed by atoms with Crippen molar-refractivity contribution in [3.05, 3.63) is 17.0 Å². The van der Waals surface area contributed by atoms with Gasteiger partial charge in [-0.3, -0.25) is 0 Å². The van der Waals surface area contributed by atoms with Crippen molar-refractivity contribution in [1.29, 1.82) is 0 Å². The molecule has 0 aliphatic heterocycles. The summed E-state index contributed by atoms with van der Waals surface area (Å²) in [4.78, 5) is 8.21. The van der Waals surface area contributed by atoms with Crippen molar-refractivity contribution in [3.8, 4) is 0 Å². The summed E-state index contributed by atoms with van der Waals surface area (Å²) in [6.45, 7) is 4.79. The van der Waals surface area contributed by atoms with Crippen LogP contribution in [0, 0.1) is 5.92 Å². The maximum absolute atomic E-state index is 10.5. The van der Waals surface area contributed by atoms with Gasteiger partial charge in [0.2, 0.25) is 0 Å². The largest absolute Gasteiger partial charge is 0.388 e. The molecule has 0 radical (unpaired) electrons. The van der Waals surface area contributed by atoms with Crippen molar-refractivity contribution in [2.45, 2.75) is 51.6 Å². The van der Waals surface area contributed by atoms with E-state index < -0.39 is 5.60 Å². The monoisotopic (exact) mass is 283 g/mol. The molecular formula is C14H22ClN3O. The first kappa shape index (κ1) is 14.5. The molecule has 1 heterocycles. The Hall–Kier alpha value is -0.870. The van der Waals surface area contributed by atoms with E-state index in [1.54, 1.807) is 0 Å². The second kappa shape index (κ2) is 6.06. The van der Waals surface area contributed by atoms with Gasteiger partial charge in [0.1, 0.15) is 17.3 Å². The third-order valence-electron chi connectivity index (χ3n) is 4.04. The minimum absolute atomic E-state index is 0.490. The van der Waals surface area contributed by atoms with Gasteiger partial charge in [0.15, 0.2) is 0 Å². The summed E-state index contributed by atoms with van der Waals surface area (Å²) < 4.78 is 0. The highest BCUT2D eigenvalue weighted by atomic mass is 35.5. The van der Waals surface area contributed by atoms with Gasteiger partial charge in [-0.2, -0.15) is 0 Å². The summed E-state index contributed by atoms with van der Waals surface area (Å²) in [5.41, 5.74) is 0.298. The molecule has 0 amide bonds. The Balaban J connectivity index is 2.01. The first-order valence-electron chi connectivity index (χ1n) is 6.99. The molecule has 5 heteroatoms. The van der Waals surface area contributed by atoms with Gasteiger partial charge in [-0.05, 0) is 38.0 Å². The van der Waals surface area contributed by atoms with E-state index in [1.807, 2.05) is 6.92 Å². The Morgan fingerprint density at radius 2 is 2.11 bits per heavy atom. The third-order valence-corrected chi connectivity index (χ3v) is 4.36. The lowest BCUT2D eigenvalue weighted by atomic mass is 9.79. The molecule has 0 atom stereocenters. The molecule has 4 nitrogen and oxygen atoms in total. The quantitative estimate of drug-likeness (QED) is 0.834. The van der Waals surface area contributed by atoms with Gasteiger partial charge in [-0.15, -0.1) is 0 Å².